The van der Waals surface area contributed by atoms with E-state index in [-0.39, 0.29) is 5.78 Å². The summed E-state index contributed by atoms with van der Waals surface area (Å²) in [5, 5.41) is 0. The van der Waals surface area contributed by atoms with Crippen molar-refractivity contribution < 1.29 is 4.79 Å². The van der Waals surface area contributed by atoms with Crippen molar-refractivity contribution >= 4 is 5.78 Å². The predicted molar refractivity (Wildman–Crippen MR) is 53.1 cm³/mol. The van der Waals surface area contributed by atoms with E-state index in [9.17, 15) is 4.79 Å². The maximum Gasteiger partial charge on any atom is 0.159 e. The fourth-order valence-electron chi connectivity index (χ4n) is 1.42. The average Bonchev–Trinajstić information content (AvgIpc) is 2.42. The Balaban J connectivity index is 2.64. The van der Waals surface area contributed by atoms with Crippen LogP contribution < -0.4 is 0 Å². The molecule has 2 rings (SSSR count). The summed E-state index contributed by atoms with van der Waals surface area (Å²) < 4.78 is 0. The minimum absolute atomic E-state index is 0.110. The van der Waals surface area contributed by atoms with Gasteiger partial charge < -0.3 is 0 Å². The summed E-state index contributed by atoms with van der Waals surface area (Å²) >= 11 is 0. The second-order valence-electron chi connectivity index (χ2n) is 3.12. The number of Topliss-reactive ketones (excluding diaryl/α,β-unsaturated/α-hetero) is 1. The van der Waals surface area contributed by atoms with Crippen LogP contribution in [0.5, 0.6) is 0 Å². The lowest BCUT2D eigenvalue weighted by Crippen LogP contribution is -1.87. The zero-order valence-corrected chi connectivity index (χ0v) is 7.45. The van der Waals surface area contributed by atoms with Gasteiger partial charge in [0.05, 0.1) is 0 Å². The molecule has 0 atom stereocenters. The van der Waals surface area contributed by atoms with Crippen molar-refractivity contribution in [2.45, 2.75) is 6.92 Å². The van der Waals surface area contributed by atoms with Gasteiger partial charge in [0.25, 0.3) is 0 Å². The third-order valence-electron chi connectivity index (χ3n) is 2.15. The van der Waals surface area contributed by atoms with Crippen molar-refractivity contribution in [3.8, 4) is 11.1 Å². The van der Waals surface area contributed by atoms with Gasteiger partial charge in [0.2, 0.25) is 0 Å². The van der Waals surface area contributed by atoms with E-state index in [0.29, 0.717) is 0 Å². The van der Waals surface area contributed by atoms with Crippen molar-refractivity contribution in [3.63, 3.8) is 0 Å². The standard InChI is InChI=1S/C12H10O/c1-9(13)11-6-2-4-10-5-3-7-12(10)8-11/h2-8H,1H3. The van der Waals surface area contributed by atoms with Crippen LogP contribution in [0.4, 0.5) is 0 Å². The fourth-order valence-corrected chi connectivity index (χ4v) is 1.42. The molecule has 2 aliphatic carbocycles. The molecule has 0 aromatic carbocycles. The Morgan fingerprint density at radius 3 is 2.31 bits per heavy atom. The van der Waals surface area contributed by atoms with Gasteiger partial charge in [-0.25, -0.2) is 0 Å². The van der Waals surface area contributed by atoms with Crippen LogP contribution in [0, 0.1) is 0 Å². The number of hydrogen-bond donors (Lipinski definition) is 0. The van der Waals surface area contributed by atoms with E-state index in [1.54, 1.807) is 6.92 Å². The molecule has 0 bridgehead atoms. The summed E-state index contributed by atoms with van der Waals surface area (Å²) in [5.41, 5.74) is 3.06. The second-order valence-corrected chi connectivity index (χ2v) is 3.12. The Hall–Kier alpha value is -1.63. The second kappa shape index (κ2) is 3.02. The maximum atomic E-state index is 11.1. The molecule has 0 saturated carbocycles. The molecule has 0 heterocycles. The van der Waals surface area contributed by atoms with Crippen molar-refractivity contribution in [3.05, 3.63) is 48.0 Å². The van der Waals surface area contributed by atoms with E-state index in [0.717, 1.165) is 11.1 Å². The molecule has 64 valence electrons. The van der Waals surface area contributed by atoms with E-state index in [1.165, 1.54) is 5.56 Å². The van der Waals surface area contributed by atoms with Gasteiger partial charge in [0.1, 0.15) is 0 Å². The molecule has 0 saturated heterocycles. The largest absolute Gasteiger partial charge is 0.295 e. The predicted octanol–water partition coefficient (Wildman–Crippen LogP) is 2.99. The Labute approximate surface area is 77.4 Å². The molecular weight excluding hydrogens is 160 g/mol. The molecule has 0 aromatic heterocycles. The monoisotopic (exact) mass is 170 g/mol. The fraction of sp³-hybridized carbons (Fsp3) is 0.0833. The molecule has 13 heavy (non-hydrogen) atoms. The van der Waals surface area contributed by atoms with Crippen molar-refractivity contribution in [2.75, 3.05) is 0 Å². The third kappa shape index (κ3) is 1.45. The number of carbonyl (C=O) groups is 1. The van der Waals surface area contributed by atoms with E-state index < -0.39 is 0 Å². The van der Waals surface area contributed by atoms with Crippen LogP contribution in [0.25, 0.3) is 11.1 Å². The van der Waals surface area contributed by atoms with Gasteiger partial charge >= 0.3 is 0 Å². The summed E-state index contributed by atoms with van der Waals surface area (Å²) in [6.45, 7) is 1.59. The molecule has 0 amide bonds. The first-order valence-corrected chi connectivity index (χ1v) is 4.27. The number of carbonyl (C=O) groups excluding carboxylic acids is 1. The smallest absolute Gasteiger partial charge is 0.159 e. The highest BCUT2D eigenvalue weighted by atomic mass is 16.1. The summed E-state index contributed by atoms with van der Waals surface area (Å²) in [5.74, 6) is 0.110. The number of ketones is 1. The Morgan fingerprint density at radius 1 is 1.00 bits per heavy atom. The highest BCUT2D eigenvalue weighted by Gasteiger charge is 2.02. The van der Waals surface area contributed by atoms with Crippen LogP contribution in [0.2, 0.25) is 0 Å². The normalized spacial score (nSPS) is 10.2. The van der Waals surface area contributed by atoms with Crippen LogP contribution in [0.3, 0.4) is 0 Å². The molecule has 0 unspecified atom stereocenters. The van der Waals surface area contributed by atoms with Crippen molar-refractivity contribution in [1.29, 1.82) is 0 Å². The molecule has 0 spiro atoms. The summed E-state index contributed by atoms with van der Waals surface area (Å²) in [6.07, 6.45) is 0. The van der Waals surface area contributed by atoms with E-state index in [2.05, 4.69) is 0 Å². The number of hydrogen-bond acceptors (Lipinski definition) is 1. The van der Waals surface area contributed by atoms with Crippen LogP contribution >= 0.6 is 0 Å². The van der Waals surface area contributed by atoms with Crippen molar-refractivity contribution in [1.82, 2.24) is 0 Å². The SMILES string of the molecule is CC(=O)c1cccc2cccc-2c1. The highest BCUT2D eigenvalue weighted by molar-refractivity contribution is 5.95. The molecule has 0 fully saturated rings. The quantitative estimate of drug-likeness (QED) is 0.601. The lowest BCUT2D eigenvalue weighted by Gasteiger charge is -1.91. The molecule has 1 heteroatoms. The first kappa shape index (κ1) is 7.99. The van der Waals surface area contributed by atoms with Gasteiger partial charge in [-0.3, -0.25) is 4.79 Å². The minimum atomic E-state index is 0.110. The van der Waals surface area contributed by atoms with Gasteiger partial charge in [-0.1, -0.05) is 36.4 Å². The van der Waals surface area contributed by atoms with Gasteiger partial charge in [-0.15, -0.1) is 0 Å². The molecular formula is C12H10O. The summed E-state index contributed by atoms with van der Waals surface area (Å²) in [4.78, 5) is 11.1. The van der Waals surface area contributed by atoms with Gasteiger partial charge in [-0.2, -0.15) is 0 Å². The Morgan fingerprint density at radius 2 is 1.62 bits per heavy atom. The summed E-state index contributed by atoms with van der Waals surface area (Å²) in [6, 6.07) is 13.8. The maximum absolute atomic E-state index is 11.1. The van der Waals surface area contributed by atoms with E-state index in [4.69, 9.17) is 0 Å². The lowest BCUT2D eigenvalue weighted by atomic mass is 10.1. The molecule has 0 radical (unpaired) electrons. The van der Waals surface area contributed by atoms with Crippen LogP contribution in [-0.2, 0) is 0 Å². The summed E-state index contributed by atoms with van der Waals surface area (Å²) in [7, 11) is 0. The van der Waals surface area contributed by atoms with Gasteiger partial charge in [0.15, 0.2) is 5.78 Å². The zero-order valence-electron chi connectivity index (χ0n) is 7.45. The topological polar surface area (TPSA) is 17.1 Å². The highest BCUT2D eigenvalue weighted by Crippen LogP contribution is 2.22. The first-order chi connectivity index (χ1) is 6.27. The zero-order chi connectivity index (χ0) is 9.26. The number of fused-ring (bicyclic) bond motifs is 1. The minimum Gasteiger partial charge on any atom is -0.295 e. The van der Waals surface area contributed by atoms with E-state index >= 15 is 0 Å². The van der Waals surface area contributed by atoms with Crippen molar-refractivity contribution in [2.24, 2.45) is 0 Å². The van der Waals surface area contributed by atoms with E-state index in [1.807, 2.05) is 42.5 Å². The molecule has 0 aliphatic heterocycles. The first-order valence-electron chi connectivity index (χ1n) is 4.27. The number of rotatable bonds is 1. The van der Waals surface area contributed by atoms with Crippen LogP contribution in [0.15, 0.2) is 42.5 Å². The Kier molecular flexibility index (Phi) is 1.85. The van der Waals surface area contributed by atoms with Gasteiger partial charge in [0, 0.05) is 5.56 Å². The molecule has 2 aliphatic rings. The lowest BCUT2D eigenvalue weighted by molar-refractivity contribution is 0.101. The van der Waals surface area contributed by atoms with Crippen LogP contribution in [-0.4, -0.2) is 5.78 Å². The molecule has 1 nitrogen and oxygen atoms in total. The van der Waals surface area contributed by atoms with Crippen LogP contribution in [0.1, 0.15) is 17.3 Å². The molecule has 0 N–H and O–H groups in total. The third-order valence-corrected chi connectivity index (χ3v) is 2.15. The van der Waals surface area contributed by atoms with Gasteiger partial charge in [-0.05, 0) is 24.1 Å². The Bertz CT molecular complexity index is 418. The average molecular weight is 170 g/mol. The molecule has 0 aromatic rings.